The molecule has 3 heteroatoms. The van der Waals surface area contributed by atoms with Crippen molar-refractivity contribution in [3.05, 3.63) is 34.9 Å². The second-order valence-electron chi connectivity index (χ2n) is 4.69. The molecule has 2 rings (SSSR count). The third kappa shape index (κ3) is 2.57. The molecule has 1 aliphatic heterocycles. The van der Waals surface area contributed by atoms with Gasteiger partial charge in [0.15, 0.2) is 0 Å². The molecule has 2 unspecified atom stereocenters. The number of nitrogens with two attached hydrogens (primary N) is 1. The molecular weight excluding hydrogens is 220 g/mol. The van der Waals surface area contributed by atoms with Crippen LogP contribution < -0.4 is 5.73 Å². The van der Waals surface area contributed by atoms with Crippen molar-refractivity contribution in [1.29, 1.82) is 0 Å². The van der Waals surface area contributed by atoms with Crippen LogP contribution in [0, 0.1) is 5.92 Å². The minimum Gasteiger partial charge on any atom is -0.330 e. The topological polar surface area (TPSA) is 29.3 Å². The fourth-order valence-electron chi connectivity index (χ4n) is 2.54. The van der Waals surface area contributed by atoms with E-state index in [0.29, 0.717) is 12.0 Å². The van der Waals surface area contributed by atoms with Crippen molar-refractivity contribution >= 4 is 11.6 Å². The Morgan fingerprint density at radius 2 is 2.00 bits per heavy atom. The van der Waals surface area contributed by atoms with Gasteiger partial charge in [0, 0.05) is 17.6 Å². The van der Waals surface area contributed by atoms with Crippen molar-refractivity contribution in [1.82, 2.24) is 4.90 Å². The molecule has 1 aromatic carbocycles. The second kappa shape index (κ2) is 5.17. The Balaban J connectivity index is 2.08. The van der Waals surface area contributed by atoms with Crippen LogP contribution in [-0.4, -0.2) is 25.0 Å². The average molecular weight is 239 g/mol. The van der Waals surface area contributed by atoms with Crippen LogP contribution in [0.4, 0.5) is 0 Å². The highest BCUT2D eigenvalue weighted by Gasteiger charge is 2.25. The van der Waals surface area contributed by atoms with Gasteiger partial charge in [0.2, 0.25) is 0 Å². The summed E-state index contributed by atoms with van der Waals surface area (Å²) < 4.78 is 0. The number of hydrogen-bond donors (Lipinski definition) is 1. The standard InChI is InChI=1S/C13H19ClN2/c1-16-9-10(8-15)2-7-13(16)11-3-5-12(14)6-4-11/h3-6,10,13H,2,7-9,15H2,1H3. The molecule has 0 bridgehead atoms. The van der Waals surface area contributed by atoms with E-state index in [1.165, 1.54) is 18.4 Å². The van der Waals surface area contributed by atoms with Crippen molar-refractivity contribution < 1.29 is 0 Å². The first-order chi connectivity index (χ1) is 7.70. The summed E-state index contributed by atoms with van der Waals surface area (Å²) in [6.45, 7) is 1.90. The fourth-order valence-corrected chi connectivity index (χ4v) is 2.66. The monoisotopic (exact) mass is 238 g/mol. The second-order valence-corrected chi connectivity index (χ2v) is 5.12. The van der Waals surface area contributed by atoms with Gasteiger partial charge in [-0.15, -0.1) is 0 Å². The molecule has 0 aliphatic carbocycles. The van der Waals surface area contributed by atoms with Gasteiger partial charge in [-0.2, -0.15) is 0 Å². The van der Waals surface area contributed by atoms with Gasteiger partial charge in [0.1, 0.15) is 0 Å². The van der Waals surface area contributed by atoms with Gasteiger partial charge in [-0.05, 0) is 50.0 Å². The molecule has 1 aliphatic rings. The van der Waals surface area contributed by atoms with E-state index in [1.54, 1.807) is 0 Å². The van der Waals surface area contributed by atoms with E-state index in [4.69, 9.17) is 17.3 Å². The Hall–Kier alpha value is -0.570. The van der Waals surface area contributed by atoms with Crippen LogP contribution in [0.15, 0.2) is 24.3 Å². The fraction of sp³-hybridized carbons (Fsp3) is 0.538. The van der Waals surface area contributed by atoms with Crippen LogP contribution in [0.25, 0.3) is 0 Å². The predicted molar refractivity (Wildman–Crippen MR) is 68.6 cm³/mol. The van der Waals surface area contributed by atoms with Gasteiger partial charge in [-0.1, -0.05) is 23.7 Å². The summed E-state index contributed by atoms with van der Waals surface area (Å²) in [6, 6.07) is 8.73. The van der Waals surface area contributed by atoms with Crippen LogP contribution in [0.1, 0.15) is 24.4 Å². The Morgan fingerprint density at radius 3 is 2.56 bits per heavy atom. The minimum absolute atomic E-state index is 0.528. The predicted octanol–water partition coefficient (Wildman–Crippen LogP) is 2.68. The van der Waals surface area contributed by atoms with Gasteiger partial charge in [-0.3, -0.25) is 4.90 Å². The van der Waals surface area contributed by atoms with E-state index >= 15 is 0 Å². The summed E-state index contributed by atoms with van der Waals surface area (Å²) in [5.74, 6) is 0.661. The zero-order valence-corrected chi connectivity index (χ0v) is 10.5. The molecule has 0 saturated carbocycles. The molecule has 0 amide bonds. The van der Waals surface area contributed by atoms with Crippen LogP contribution in [0.3, 0.4) is 0 Å². The van der Waals surface area contributed by atoms with Crippen LogP contribution >= 0.6 is 11.6 Å². The largest absolute Gasteiger partial charge is 0.330 e. The summed E-state index contributed by atoms with van der Waals surface area (Å²) in [5, 5.41) is 0.807. The maximum atomic E-state index is 5.90. The number of hydrogen-bond acceptors (Lipinski definition) is 2. The molecule has 0 radical (unpaired) electrons. The molecule has 1 aromatic rings. The lowest BCUT2D eigenvalue weighted by Gasteiger charge is -2.37. The molecule has 0 aromatic heterocycles. The van der Waals surface area contributed by atoms with E-state index in [2.05, 4.69) is 24.1 Å². The van der Waals surface area contributed by atoms with Gasteiger partial charge >= 0.3 is 0 Å². The van der Waals surface area contributed by atoms with Gasteiger partial charge in [0.05, 0.1) is 0 Å². The molecule has 2 atom stereocenters. The molecule has 1 heterocycles. The van der Waals surface area contributed by atoms with Crippen molar-refractivity contribution in [2.24, 2.45) is 11.7 Å². The van der Waals surface area contributed by atoms with Crippen molar-refractivity contribution in [3.8, 4) is 0 Å². The van der Waals surface area contributed by atoms with E-state index in [0.717, 1.165) is 18.1 Å². The number of piperidine rings is 1. The molecular formula is C13H19ClN2. The normalized spacial score (nSPS) is 26.9. The molecule has 1 saturated heterocycles. The van der Waals surface area contributed by atoms with Gasteiger partial charge in [-0.25, -0.2) is 0 Å². The van der Waals surface area contributed by atoms with E-state index in [-0.39, 0.29) is 0 Å². The quantitative estimate of drug-likeness (QED) is 0.859. The van der Waals surface area contributed by atoms with E-state index in [9.17, 15) is 0 Å². The third-order valence-corrected chi connectivity index (χ3v) is 3.77. The summed E-state index contributed by atoms with van der Waals surface area (Å²) in [5.41, 5.74) is 7.09. The maximum absolute atomic E-state index is 5.90. The first-order valence-corrected chi connectivity index (χ1v) is 6.24. The third-order valence-electron chi connectivity index (χ3n) is 3.51. The zero-order chi connectivity index (χ0) is 11.5. The van der Waals surface area contributed by atoms with Crippen molar-refractivity contribution in [3.63, 3.8) is 0 Å². The molecule has 1 fully saturated rings. The number of rotatable bonds is 2. The highest BCUT2D eigenvalue weighted by molar-refractivity contribution is 6.30. The SMILES string of the molecule is CN1CC(CN)CCC1c1ccc(Cl)cc1. The number of halogens is 1. The lowest BCUT2D eigenvalue weighted by Crippen LogP contribution is -2.38. The highest BCUT2D eigenvalue weighted by Crippen LogP contribution is 2.32. The Kier molecular flexibility index (Phi) is 3.85. The minimum atomic E-state index is 0.528. The Bertz CT molecular complexity index is 336. The Labute approximate surface area is 102 Å². The summed E-state index contributed by atoms with van der Waals surface area (Å²) in [7, 11) is 2.18. The highest BCUT2D eigenvalue weighted by atomic mass is 35.5. The average Bonchev–Trinajstić information content (AvgIpc) is 2.30. The number of benzene rings is 1. The molecule has 0 spiro atoms. The smallest absolute Gasteiger partial charge is 0.0406 e. The van der Waals surface area contributed by atoms with Gasteiger partial charge < -0.3 is 5.73 Å². The van der Waals surface area contributed by atoms with Crippen LogP contribution in [0.5, 0.6) is 0 Å². The van der Waals surface area contributed by atoms with Gasteiger partial charge in [0.25, 0.3) is 0 Å². The summed E-state index contributed by atoms with van der Waals surface area (Å²) in [6.07, 6.45) is 2.42. The maximum Gasteiger partial charge on any atom is 0.0406 e. The van der Waals surface area contributed by atoms with E-state index in [1.807, 2.05) is 12.1 Å². The first kappa shape index (κ1) is 11.9. The van der Waals surface area contributed by atoms with Crippen molar-refractivity contribution in [2.75, 3.05) is 20.1 Å². The first-order valence-electron chi connectivity index (χ1n) is 5.86. The molecule has 16 heavy (non-hydrogen) atoms. The summed E-state index contributed by atoms with van der Waals surface area (Å²) >= 11 is 5.90. The summed E-state index contributed by atoms with van der Waals surface area (Å²) in [4.78, 5) is 2.41. The zero-order valence-electron chi connectivity index (χ0n) is 9.70. The molecule has 2 nitrogen and oxygen atoms in total. The van der Waals surface area contributed by atoms with E-state index < -0.39 is 0 Å². The van der Waals surface area contributed by atoms with Crippen LogP contribution in [-0.2, 0) is 0 Å². The Morgan fingerprint density at radius 1 is 1.31 bits per heavy atom. The lowest BCUT2D eigenvalue weighted by molar-refractivity contribution is 0.141. The lowest BCUT2D eigenvalue weighted by atomic mass is 9.89. The molecule has 88 valence electrons. The van der Waals surface area contributed by atoms with Crippen molar-refractivity contribution in [2.45, 2.75) is 18.9 Å². The van der Waals surface area contributed by atoms with Crippen LogP contribution in [0.2, 0.25) is 5.02 Å². The number of likely N-dealkylation sites (tertiary alicyclic amines) is 1. The number of nitrogens with zero attached hydrogens (tertiary/aromatic N) is 1. The molecule has 2 N–H and O–H groups in total.